The lowest BCUT2D eigenvalue weighted by Crippen LogP contribution is -2.55. The maximum Gasteiger partial charge on any atom is 0.293 e. The number of nitrogens with zero attached hydrogens (tertiary/aromatic N) is 1. The van der Waals surface area contributed by atoms with Crippen LogP contribution in [0.3, 0.4) is 0 Å². The van der Waals surface area contributed by atoms with Crippen molar-refractivity contribution in [3.05, 3.63) is 76.1 Å². The Balaban J connectivity index is 1.90. The number of ether oxygens (including phenoxy) is 1. The van der Waals surface area contributed by atoms with Crippen LogP contribution in [-0.2, 0) is 16.1 Å². The van der Waals surface area contributed by atoms with E-state index in [9.17, 15) is 13.6 Å². The van der Waals surface area contributed by atoms with E-state index in [0.717, 1.165) is 23.4 Å². The number of amides is 1. The molecule has 3 rings (SSSR count). The second kappa shape index (κ2) is 7.84. The number of nitrogens with one attached hydrogen (secondary N) is 2. The molecule has 0 aliphatic carbocycles. The lowest BCUT2D eigenvalue weighted by molar-refractivity contribution is -0.134. The van der Waals surface area contributed by atoms with Gasteiger partial charge in [-0.3, -0.25) is 9.69 Å². The van der Waals surface area contributed by atoms with Crippen molar-refractivity contribution in [1.29, 1.82) is 0 Å². The molecule has 0 bridgehead atoms. The van der Waals surface area contributed by atoms with Crippen LogP contribution in [0, 0.1) is 18.6 Å². The zero-order valence-corrected chi connectivity index (χ0v) is 15.5. The second-order valence-electron chi connectivity index (χ2n) is 6.02. The maximum atomic E-state index is 13.6. The number of rotatable bonds is 5. The van der Waals surface area contributed by atoms with Gasteiger partial charge in [-0.2, -0.15) is 0 Å². The van der Waals surface area contributed by atoms with E-state index in [4.69, 9.17) is 16.3 Å². The van der Waals surface area contributed by atoms with Crippen LogP contribution in [0.25, 0.3) is 0 Å². The van der Waals surface area contributed by atoms with Crippen molar-refractivity contribution in [2.75, 3.05) is 12.4 Å². The molecule has 2 aromatic carbocycles. The molecule has 27 heavy (non-hydrogen) atoms. The molecule has 2 N–H and O–H groups in total. The van der Waals surface area contributed by atoms with Crippen LogP contribution in [0.15, 0.2) is 48.4 Å². The van der Waals surface area contributed by atoms with Gasteiger partial charge >= 0.3 is 0 Å². The number of hydrogen-bond donors (Lipinski definition) is 2. The molecule has 8 heteroatoms. The Hall–Kier alpha value is -2.80. The summed E-state index contributed by atoms with van der Waals surface area (Å²) < 4.78 is 31.8. The van der Waals surface area contributed by atoms with E-state index in [-0.39, 0.29) is 12.3 Å². The molecule has 142 valence electrons. The van der Waals surface area contributed by atoms with E-state index >= 15 is 0 Å². The van der Waals surface area contributed by atoms with Gasteiger partial charge in [-0.05, 0) is 42.3 Å². The largest absolute Gasteiger partial charge is 0.490 e. The molecule has 1 unspecified atom stereocenters. The lowest BCUT2D eigenvalue weighted by Gasteiger charge is -2.36. The number of benzene rings is 2. The summed E-state index contributed by atoms with van der Waals surface area (Å²) in [5.41, 5.74) is 2.00. The van der Waals surface area contributed by atoms with Gasteiger partial charge in [0, 0.05) is 23.5 Å². The van der Waals surface area contributed by atoms with Gasteiger partial charge in [-0.15, -0.1) is 0 Å². The predicted octanol–water partition coefficient (Wildman–Crippen LogP) is 3.74. The Labute approximate surface area is 160 Å². The SMILES string of the molecule is COC1=CNC(Nc2cccc(Cl)c2C)N(Cc2ccc(F)c(F)c2)C1=O. The standard InChI is InChI=1S/C19H18ClF2N3O2/c1-11-13(20)4-3-5-16(11)24-19-23-9-17(27-2)18(26)25(19)10-12-6-7-14(21)15(22)8-12/h3-9,19,23-24H,10H2,1-2H3. The first-order chi connectivity index (χ1) is 12.9. The Morgan fingerprint density at radius 1 is 1.26 bits per heavy atom. The normalized spacial score (nSPS) is 16.6. The highest BCUT2D eigenvalue weighted by Gasteiger charge is 2.31. The van der Waals surface area contributed by atoms with Crippen LogP contribution in [0.4, 0.5) is 14.5 Å². The summed E-state index contributed by atoms with van der Waals surface area (Å²) in [7, 11) is 1.38. The highest BCUT2D eigenvalue weighted by molar-refractivity contribution is 6.31. The average molecular weight is 394 g/mol. The molecule has 0 radical (unpaired) electrons. The quantitative estimate of drug-likeness (QED) is 0.812. The molecule has 5 nitrogen and oxygen atoms in total. The first kappa shape index (κ1) is 19.0. The minimum absolute atomic E-state index is 0.0427. The van der Waals surface area contributed by atoms with Gasteiger partial charge in [0.05, 0.1) is 7.11 Å². The molecule has 1 heterocycles. The van der Waals surface area contributed by atoms with Gasteiger partial charge in [0.1, 0.15) is 0 Å². The van der Waals surface area contributed by atoms with E-state index in [1.54, 1.807) is 12.1 Å². The van der Waals surface area contributed by atoms with Gasteiger partial charge in [0.15, 0.2) is 23.7 Å². The topological polar surface area (TPSA) is 53.6 Å². The molecule has 1 aliphatic rings. The summed E-state index contributed by atoms with van der Waals surface area (Å²) >= 11 is 6.15. The van der Waals surface area contributed by atoms with Crippen molar-refractivity contribution in [1.82, 2.24) is 10.2 Å². The van der Waals surface area contributed by atoms with Crippen LogP contribution < -0.4 is 10.6 Å². The first-order valence-corrected chi connectivity index (χ1v) is 8.55. The monoisotopic (exact) mass is 393 g/mol. The number of halogens is 3. The predicted molar refractivity (Wildman–Crippen MR) is 98.7 cm³/mol. The number of anilines is 1. The van der Waals surface area contributed by atoms with E-state index < -0.39 is 23.8 Å². The fourth-order valence-corrected chi connectivity index (χ4v) is 2.91. The fourth-order valence-electron chi connectivity index (χ4n) is 2.74. The zero-order chi connectivity index (χ0) is 19.6. The molecule has 1 aliphatic heterocycles. The molecular formula is C19H18ClF2N3O2. The summed E-state index contributed by atoms with van der Waals surface area (Å²) in [5.74, 6) is -2.19. The molecular weight excluding hydrogens is 376 g/mol. The highest BCUT2D eigenvalue weighted by atomic mass is 35.5. The van der Waals surface area contributed by atoms with Gasteiger partial charge in [-0.25, -0.2) is 8.78 Å². The zero-order valence-electron chi connectivity index (χ0n) is 14.7. The molecule has 0 saturated heterocycles. The summed E-state index contributed by atoms with van der Waals surface area (Å²) in [6.07, 6.45) is 0.823. The number of hydrogen-bond acceptors (Lipinski definition) is 4. The molecule has 2 aromatic rings. The Kier molecular flexibility index (Phi) is 5.51. The van der Waals surface area contributed by atoms with Crippen LogP contribution in [0.2, 0.25) is 5.02 Å². The summed E-state index contributed by atoms with van der Waals surface area (Å²) in [5, 5.41) is 6.83. The minimum Gasteiger partial charge on any atom is -0.490 e. The number of carbonyl (C=O) groups excluding carboxylic acids is 1. The van der Waals surface area contributed by atoms with Crippen LogP contribution >= 0.6 is 11.6 Å². The lowest BCUT2D eigenvalue weighted by atomic mass is 10.1. The van der Waals surface area contributed by atoms with Crippen LogP contribution in [0.5, 0.6) is 0 Å². The molecule has 1 atom stereocenters. The van der Waals surface area contributed by atoms with E-state index in [0.29, 0.717) is 10.6 Å². The minimum atomic E-state index is -0.970. The highest BCUT2D eigenvalue weighted by Crippen LogP contribution is 2.25. The van der Waals surface area contributed by atoms with Crippen molar-refractivity contribution in [2.45, 2.75) is 19.8 Å². The molecule has 0 aromatic heterocycles. The Morgan fingerprint density at radius 2 is 2.04 bits per heavy atom. The summed E-state index contributed by atoms with van der Waals surface area (Å²) in [4.78, 5) is 14.1. The summed E-state index contributed by atoms with van der Waals surface area (Å²) in [6.45, 7) is 1.90. The fraction of sp³-hybridized carbons (Fsp3) is 0.211. The van der Waals surface area contributed by atoms with Crippen molar-refractivity contribution >= 4 is 23.2 Å². The smallest absolute Gasteiger partial charge is 0.293 e. The van der Waals surface area contributed by atoms with Crippen molar-refractivity contribution in [3.8, 4) is 0 Å². The third-order valence-electron chi connectivity index (χ3n) is 4.27. The summed E-state index contributed by atoms with van der Waals surface area (Å²) in [6, 6.07) is 8.91. The van der Waals surface area contributed by atoms with Crippen molar-refractivity contribution in [3.63, 3.8) is 0 Å². The van der Waals surface area contributed by atoms with E-state index in [1.807, 2.05) is 13.0 Å². The third-order valence-corrected chi connectivity index (χ3v) is 4.68. The first-order valence-electron chi connectivity index (χ1n) is 8.17. The van der Waals surface area contributed by atoms with Crippen LogP contribution in [-0.4, -0.2) is 24.2 Å². The molecule has 0 fully saturated rings. The van der Waals surface area contributed by atoms with E-state index in [2.05, 4.69) is 10.6 Å². The van der Waals surface area contributed by atoms with Gasteiger partial charge in [0.25, 0.3) is 5.91 Å². The Bertz CT molecular complexity index is 905. The van der Waals surface area contributed by atoms with Crippen LogP contribution in [0.1, 0.15) is 11.1 Å². The number of carbonyl (C=O) groups is 1. The second-order valence-corrected chi connectivity index (χ2v) is 6.43. The molecule has 0 saturated carbocycles. The molecule has 0 spiro atoms. The van der Waals surface area contributed by atoms with E-state index in [1.165, 1.54) is 24.3 Å². The maximum absolute atomic E-state index is 13.6. The van der Waals surface area contributed by atoms with Crippen molar-refractivity contribution in [2.24, 2.45) is 0 Å². The average Bonchev–Trinajstić information content (AvgIpc) is 2.65. The Morgan fingerprint density at radius 3 is 2.74 bits per heavy atom. The number of methoxy groups -OCH3 is 1. The van der Waals surface area contributed by atoms with Gasteiger partial charge in [0.2, 0.25) is 0 Å². The molecule has 1 amide bonds. The third kappa shape index (κ3) is 3.98. The van der Waals surface area contributed by atoms with Gasteiger partial charge < -0.3 is 15.4 Å². The van der Waals surface area contributed by atoms with Gasteiger partial charge in [-0.1, -0.05) is 23.7 Å². The van der Waals surface area contributed by atoms with Crippen molar-refractivity contribution < 1.29 is 18.3 Å².